The van der Waals surface area contributed by atoms with Crippen LogP contribution in [-0.2, 0) is 5.41 Å². The third-order valence-electron chi connectivity index (χ3n) is 12.2. The van der Waals surface area contributed by atoms with Gasteiger partial charge in [-0.25, -0.2) is 0 Å². The molecule has 0 fully saturated rings. The van der Waals surface area contributed by atoms with Crippen LogP contribution < -0.4 is 4.90 Å². The molecule has 1 aliphatic rings. The van der Waals surface area contributed by atoms with E-state index in [1.165, 1.54) is 86.9 Å². The molecule has 0 radical (unpaired) electrons. The van der Waals surface area contributed by atoms with Gasteiger partial charge in [-0.3, -0.25) is 0 Å². The standard InChI is InChI=1S/C57H41NS/c1-57(2)53-33-27-42(34-51(53)52-36-44(38-14-6-3-7-15-38)35-50(56(52)57)41-16-8-4-9-17-41)39-22-28-46(29-23-39)58(45-18-10-5-11-19-45)47-30-24-40(25-31-47)43-26-32-49-48-20-12-13-21-54(48)59-55(49)37-43/h3-37H,1-2H3. The number of para-hydroxylation sites is 1. The van der Waals surface area contributed by atoms with Crippen LogP contribution in [0.25, 0.3) is 75.8 Å². The van der Waals surface area contributed by atoms with E-state index in [-0.39, 0.29) is 5.41 Å². The van der Waals surface area contributed by atoms with Crippen LogP contribution >= 0.6 is 11.3 Å². The molecule has 1 aliphatic carbocycles. The first-order valence-corrected chi connectivity index (χ1v) is 21.2. The van der Waals surface area contributed by atoms with Crippen LogP contribution in [0.1, 0.15) is 25.0 Å². The monoisotopic (exact) mass is 771 g/mol. The fourth-order valence-electron chi connectivity index (χ4n) is 9.33. The fourth-order valence-corrected chi connectivity index (χ4v) is 10.5. The molecule has 0 aliphatic heterocycles. The zero-order valence-corrected chi connectivity index (χ0v) is 33.9. The van der Waals surface area contributed by atoms with Crippen LogP contribution in [0.5, 0.6) is 0 Å². The smallest absolute Gasteiger partial charge is 0.0462 e. The van der Waals surface area contributed by atoms with Gasteiger partial charge in [0.15, 0.2) is 0 Å². The lowest BCUT2D eigenvalue weighted by Crippen LogP contribution is -2.16. The highest BCUT2D eigenvalue weighted by Crippen LogP contribution is 2.54. The molecule has 10 aromatic rings. The summed E-state index contributed by atoms with van der Waals surface area (Å²) in [4.78, 5) is 2.35. The van der Waals surface area contributed by atoms with Crippen LogP contribution in [0.3, 0.4) is 0 Å². The van der Waals surface area contributed by atoms with Gasteiger partial charge in [0, 0.05) is 42.6 Å². The number of hydrogen-bond acceptors (Lipinski definition) is 2. The van der Waals surface area contributed by atoms with Gasteiger partial charge in [0.2, 0.25) is 0 Å². The Morgan fingerprint density at radius 3 is 1.49 bits per heavy atom. The van der Waals surface area contributed by atoms with E-state index in [0.717, 1.165) is 17.1 Å². The molecule has 1 heterocycles. The van der Waals surface area contributed by atoms with Gasteiger partial charge in [0.25, 0.3) is 0 Å². The maximum atomic E-state index is 2.42. The number of thiophene rings is 1. The molecule has 59 heavy (non-hydrogen) atoms. The third-order valence-corrected chi connectivity index (χ3v) is 13.4. The molecule has 9 aromatic carbocycles. The summed E-state index contributed by atoms with van der Waals surface area (Å²) in [5.41, 5.74) is 18.5. The highest BCUT2D eigenvalue weighted by atomic mass is 32.1. The SMILES string of the molecule is CC1(C)c2ccc(-c3ccc(N(c4ccccc4)c4ccc(-c5ccc6c(c5)sc5ccccc56)cc4)cc3)cc2-c2cc(-c3ccccc3)cc(-c3ccccc3)c21. The predicted molar refractivity (Wildman–Crippen MR) is 253 cm³/mol. The van der Waals surface area contributed by atoms with Crippen molar-refractivity contribution in [3.05, 3.63) is 223 Å². The molecule has 0 amide bonds. The normalized spacial score (nSPS) is 12.7. The Hall–Kier alpha value is -7.00. The number of rotatable bonds is 7. The Bertz CT molecular complexity index is 3140. The Balaban J connectivity index is 0.952. The first kappa shape index (κ1) is 35.2. The van der Waals surface area contributed by atoms with Gasteiger partial charge in [-0.2, -0.15) is 0 Å². The number of benzene rings is 9. The van der Waals surface area contributed by atoms with Crippen LogP contribution in [0.2, 0.25) is 0 Å². The zero-order chi connectivity index (χ0) is 39.5. The number of nitrogens with zero attached hydrogens (tertiary/aromatic N) is 1. The highest BCUT2D eigenvalue weighted by molar-refractivity contribution is 7.25. The van der Waals surface area contributed by atoms with Crippen molar-refractivity contribution < 1.29 is 0 Å². The summed E-state index contributed by atoms with van der Waals surface area (Å²) in [6, 6.07) is 77.9. The average Bonchev–Trinajstić information content (AvgIpc) is 3.78. The van der Waals surface area contributed by atoms with Gasteiger partial charge in [0.1, 0.15) is 0 Å². The second kappa shape index (κ2) is 14.1. The van der Waals surface area contributed by atoms with Gasteiger partial charge in [0.05, 0.1) is 0 Å². The van der Waals surface area contributed by atoms with E-state index < -0.39 is 0 Å². The lowest BCUT2D eigenvalue weighted by molar-refractivity contribution is 0.662. The van der Waals surface area contributed by atoms with Gasteiger partial charge in [-0.1, -0.05) is 159 Å². The van der Waals surface area contributed by atoms with Crippen molar-refractivity contribution in [3.63, 3.8) is 0 Å². The minimum atomic E-state index is -0.148. The number of anilines is 3. The van der Waals surface area contributed by atoms with Crippen molar-refractivity contribution in [3.8, 4) is 55.6 Å². The summed E-state index contributed by atoms with van der Waals surface area (Å²) in [7, 11) is 0. The Morgan fingerprint density at radius 2 is 0.814 bits per heavy atom. The van der Waals surface area contributed by atoms with Crippen molar-refractivity contribution >= 4 is 48.6 Å². The van der Waals surface area contributed by atoms with E-state index in [2.05, 4.69) is 231 Å². The largest absolute Gasteiger partial charge is 0.311 e. The van der Waals surface area contributed by atoms with Crippen molar-refractivity contribution in [1.29, 1.82) is 0 Å². The van der Waals surface area contributed by atoms with Crippen molar-refractivity contribution in [1.82, 2.24) is 0 Å². The van der Waals surface area contributed by atoms with E-state index >= 15 is 0 Å². The van der Waals surface area contributed by atoms with Gasteiger partial charge in [-0.15, -0.1) is 11.3 Å². The second-order valence-electron chi connectivity index (χ2n) is 16.1. The summed E-state index contributed by atoms with van der Waals surface area (Å²) < 4.78 is 2.66. The summed E-state index contributed by atoms with van der Waals surface area (Å²) in [6.45, 7) is 4.77. The highest BCUT2D eigenvalue weighted by Gasteiger charge is 2.38. The van der Waals surface area contributed by atoms with Crippen LogP contribution in [0, 0.1) is 0 Å². The third kappa shape index (κ3) is 6.07. The predicted octanol–water partition coefficient (Wildman–Crippen LogP) is 16.5. The van der Waals surface area contributed by atoms with E-state index in [4.69, 9.17) is 0 Å². The molecule has 0 unspecified atom stereocenters. The molecule has 1 aromatic heterocycles. The van der Waals surface area contributed by atoms with Crippen molar-refractivity contribution in [2.45, 2.75) is 19.3 Å². The number of hydrogen-bond donors (Lipinski definition) is 0. The molecule has 0 N–H and O–H groups in total. The second-order valence-corrected chi connectivity index (χ2v) is 17.2. The van der Waals surface area contributed by atoms with Gasteiger partial charge >= 0.3 is 0 Å². The quantitative estimate of drug-likeness (QED) is 0.156. The van der Waals surface area contributed by atoms with Gasteiger partial charge < -0.3 is 4.90 Å². The topological polar surface area (TPSA) is 3.24 Å². The first-order valence-electron chi connectivity index (χ1n) is 20.4. The van der Waals surface area contributed by atoms with Crippen molar-refractivity contribution in [2.24, 2.45) is 0 Å². The molecule has 0 atom stereocenters. The maximum Gasteiger partial charge on any atom is 0.0462 e. The Morgan fingerprint density at radius 1 is 0.339 bits per heavy atom. The van der Waals surface area contributed by atoms with Crippen molar-refractivity contribution in [2.75, 3.05) is 4.90 Å². The molecule has 0 bridgehead atoms. The van der Waals surface area contributed by atoms with E-state index in [9.17, 15) is 0 Å². The minimum Gasteiger partial charge on any atom is -0.311 e. The Labute approximate surface area is 350 Å². The summed E-state index contributed by atoms with van der Waals surface area (Å²) in [6.07, 6.45) is 0. The average molecular weight is 772 g/mol. The molecule has 0 saturated carbocycles. The van der Waals surface area contributed by atoms with E-state index in [0.29, 0.717) is 0 Å². The lowest BCUT2D eigenvalue weighted by Gasteiger charge is -2.26. The van der Waals surface area contributed by atoms with Gasteiger partial charge in [-0.05, 0) is 133 Å². The fraction of sp³-hybridized carbons (Fsp3) is 0.0526. The zero-order valence-electron chi connectivity index (χ0n) is 33.1. The molecule has 280 valence electrons. The molecular weight excluding hydrogens is 731 g/mol. The maximum absolute atomic E-state index is 2.42. The molecular formula is C57H41NS. The molecule has 11 rings (SSSR count). The van der Waals surface area contributed by atoms with Crippen LogP contribution in [-0.4, -0.2) is 0 Å². The minimum absolute atomic E-state index is 0.148. The Kier molecular flexibility index (Phi) is 8.43. The summed E-state index contributed by atoms with van der Waals surface area (Å²) in [5.74, 6) is 0. The van der Waals surface area contributed by atoms with E-state index in [1.807, 2.05) is 11.3 Å². The molecule has 0 saturated heterocycles. The lowest BCUT2D eigenvalue weighted by atomic mass is 9.78. The van der Waals surface area contributed by atoms with Crippen LogP contribution in [0.4, 0.5) is 17.1 Å². The van der Waals surface area contributed by atoms with E-state index in [1.54, 1.807) is 0 Å². The number of fused-ring (bicyclic) bond motifs is 6. The van der Waals surface area contributed by atoms with Crippen LogP contribution in [0.15, 0.2) is 212 Å². The molecule has 0 spiro atoms. The summed E-state index contributed by atoms with van der Waals surface area (Å²) >= 11 is 1.87. The first-order chi connectivity index (χ1) is 29.0. The molecule has 2 heteroatoms. The summed E-state index contributed by atoms with van der Waals surface area (Å²) in [5, 5.41) is 2.66. The molecule has 1 nitrogen and oxygen atoms in total.